The SMILES string of the molecule is CN(C)C(=O)c1ccc(C2CCN(C3CC4(C3)CN(C(=O)[C@@](C)(O)c3ccccc3)C4)CC2)cc1Cl.S. The highest BCUT2D eigenvalue weighted by atomic mass is 35.5. The molecule has 0 bridgehead atoms. The second kappa shape index (κ2) is 10.6. The number of aliphatic hydroxyl groups is 1. The van der Waals surface area contributed by atoms with E-state index in [0.29, 0.717) is 28.1 Å². The monoisotopic (exact) mass is 543 g/mol. The van der Waals surface area contributed by atoms with Crippen molar-refractivity contribution in [3.63, 3.8) is 0 Å². The number of rotatable bonds is 5. The highest BCUT2D eigenvalue weighted by Crippen LogP contribution is 2.51. The molecule has 200 valence electrons. The Kier molecular flexibility index (Phi) is 8.01. The second-order valence-electron chi connectivity index (χ2n) is 11.4. The number of piperidine rings is 1. The second-order valence-corrected chi connectivity index (χ2v) is 11.8. The van der Waals surface area contributed by atoms with Crippen LogP contribution in [-0.2, 0) is 10.4 Å². The smallest absolute Gasteiger partial charge is 0.258 e. The van der Waals surface area contributed by atoms with Gasteiger partial charge in [0.25, 0.3) is 11.8 Å². The Morgan fingerprint density at radius 1 is 1.05 bits per heavy atom. The minimum atomic E-state index is -1.48. The average molecular weight is 544 g/mol. The molecule has 2 aromatic carbocycles. The van der Waals surface area contributed by atoms with E-state index in [4.69, 9.17) is 11.6 Å². The molecule has 1 saturated carbocycles. The van der Waals surface area contributed by atoms with Gasteiger partial charge in [-0.1, -0.05) is 48.0 Å². The summed E-state index contributed by atoms with van der Waals surface area (Å²) < 4.78 is 0. The first-order valence-corrected chi connectivity index (χ1v) is 13.3. The topological polar surface area (TPSA) is 64.1 Å². The summed E-state index contributed by atoms with van der Waals surface area (Å²) in [6.45, 7) is 5.22. The van der Waals surface area contributed by atoms with Crippen molar-refractivity contribution in [1.82, 2.24) is 14.7 Å². The third-order valence-electron chi connectivity index (χ3n) is 8.58. The fourth-order valence-electron chi connectivity index (χ4n) is 6.35. The van der Waals surface area contributed by atoms with Gasteiger partial charge in [0, 0.05) is 38.6 Å². The summed E-state index contributed by atoms with van der Waals surface area (Å²) in [5, 5.41) is 11.4. The predicted molar refractivity (Wildman–Crippen MR) is 151 cm³/mol. The molecule has 0 aromatic heterocycles. The lowest BCUT2D eigenvalue weighted by atomic mass is 9.59. The summed E-state index contributed by atoms with van der Waals surface area (Å²) in [6.07, 6.45) is 4.43. The van der Waals surface area contributed by atoms with Crippen molar-refractivity contribution in [2.75, 3.05) is 40.3 Å². The summed E-state index contributed by atoms with van der Waals surface area (Å²) >= 11 is 6.45. The Morgan fingerprint density at radius 2 is 1.68 bits per heavy atom. The van der Waals surface area contributed by atoms with Crippen LogP contribution in [0.3, 0.4) is 0 Å². The van der Waals surface area contributed by atoms with Crippen LogP contribution in [0.4, 0.5) is 0 Å². The van der Waals surface area contributed by atoms with Crippen LogP contribution in [0.25, 0.3) is 0 Å². The Balaban J connectivity index is 0.00000320. The van der Waals surface area contributed by atoms with Gasteiger partial charge in [-0.25, -0.2) is 0 Å². The zero-order valence-electron chi connectivity index (χ0n) is 21.9. The summed E-state index contributed by atoms with van der Waals surface area (Å²) in [7, 11) is 3.47. The number of amides is 2. The molecule has 2 aromatic rings. The van der Waals surface area contributed by atoms with E-state index in [9.17, 15) is 14.7 Å². The maximum absolute atomic E-state index is 13.0. The lowest BCUT2D eigenvalue weighted by molar-refractivity contribution is -0.175. The van der Waals surface area contributed by atoms with Crippen LogP contribution in [0.15, 0.2) is 48.5 Å². The van der Waals surface area contributed by atoms with E-state index < -0.39 is 5.60 Å². The molecule has 1 spiro atoms. The standard InChI is InChI=1S/C29H36ClN3O3.H2S/c1-28(36,22-7-5-4-6-8-22)27(35)33-18-29(19-33)16-23(17-29)32-13-11-20(12-14-32)21-9-10-24(25(30)15-21)26(34)31(2)3;/h4-10,15,20,23,36H,11-14,16-19H2,1-3H3;1H2/t28-;/m0./s1. The summed E-state index contributed by atoms with van der Waals surface area (Å²) in [6, 6.07) is 15.7. The average Bonchev–Trinajstić information content (AvgIpc) is 2.82. The molecule has 3 aliphatic rings. The molecule has 1 N–H and O–H groups in total. The van der Waals surface area contributed by atoms with Crippen LogP contribution in [0.5, 0.6) is 0 Å². The van der Waals surface area contributed by atoms with E-state index in [1.165, 1.54) is 5.56 Å². The molecule has 2 amide bonds. The minimum Gasteiger partial charge on any atom is -0.376 e. The molecule has 5 rings (SSSR count). The summed E-state index contributed by atoms with van der Waals surface area (Å²) in [4.78, 5) is 31.2. The lowest BCUT2D eigenvalue weighted by Gasteiger charge is -2.62. The third-order valence-corrected chi connectivity index (χ3v) is 8.89. The van der Waals surface area contributed by atoms with Gasteiger partial charge < -0.3 is 19.8 Å². The van der Waals surface area contributed by atoms with Crippen molar-refractivity contribution in [2.45, 2.75) is 50.2 Å². The highest BCUT2D eigenvalue weighted by Gasteiger charge is 2.56. The number of carbonyl (C=O) groups is 2. The third kappa shape index (κ3) is 5.29. The van der Waals surface area contributed by atoms with Crippen molar-refractivity contribution in [3.8, 4) is 0 Å². The van der Waals surface area contributed by atoms with E-state index in [0.717, 1.165) is 51.9 Å². The number of carbonyl (C=O) groups excluding carboxylic acids is 2. The number of hydrogen-bond donors (Lipinski definition) is 1. The van der Waals surface area contributed by atoms with Gasteiger partial charge >= 0.3 is 0 Å². The molecule has 1 aliphatic carbocycles. The van der Waals surface area contributed by atoms with Crippen molar-refractivity contribution in [3.05, 3.63) is 70.2 Å². The van der Waals surface area contributed by atoms with Crippen molar-refractivity contribution in [2.24, 2.45) is 5.41 Å². The van der Waals surface area contributed by atoms with Gasteiger partial charge in [0.1, 0.15) is 0 Å². The van der Waals surface area contributed by atoms with Crippen LogP contribution in [0.1, 0.15) is 60.0 Å². The summed E-state index contributed by atoms with van der Waals surface area (Å²) in [5.74, 6) is 0.203. The summed E-state index contributed by atoms with van der Waals surface area (Å²) in [5.41, 5.74) is 1.17. The Labute approximate surface area is 232 Å². The molecule has 8 heteroatoms. The molecule has 0 unspecified atom stereocenters. The molecule has 0 radical (unpaired) electrons. The minimum absolute atomic E-state index is 0. The number of nitrogens with zero attached hydrogens (tertiary/aromatic N) is 3. The quantitative estimate of drug-likeness (QED) is 0.613. The van der Waals surface area contributed by atoms with Crippen LogP contribution in [-0.4, -0.2) is 77.9 Å². The van der Waals surface area contributed by atoms with E-state index in [1.54, 1.807) is 25.9 Å². The van der Waals surface area contributed by atoms with Gasteiger partial charge in [0.15, 0.2) is 5.60 Å². The van der Waals surface area contributed by atoms with Gasteiger partial charge in [-0.15, -0.1) is 0 Å². The van der Waals surface area contributed by atoms with Crippen molar-refractivity contribution < 1.29 is 14.7 Å². The maximum atomic E-state index is 13.0. The highest BCUT2D eigenvalue weighted by molar-refractivity contribution is 7.59. The largest absolute Gasteiger partial charge is 0.376 e. The van der Waals surface area contributed by atoms with Crippen molar-refractivity contribution >= 4 is 36.9 Å². The fraction of sp³-hybridized carbons (Fsp3) is 0.517. The molecular formula is C29H38ClN3O3S. The number of halogens is 1. The maximum Gasteiger partial charge on any atom is 0.258 e. The number of benzene rings is 2. The van der Waals surface area contributed by atoms with Gasteiger partial charge in [-0.3, -0.25) is 9.59 Å². The zero-order chi connectivity index (χ0) is 25.7. The van der Waals surface area contributed by atoms with E-state index >= 15 is 0 Å². The lowest BCUT2D eigenvalue weighted by Crippen LogP contribution is -2.69. The molecule has 6 nitrogen and oxygen atoms in total. The van der Waals surface area contributed by atoms with E-state index in [-0.39, 0.29) is 30.7 Å². The van der Waals surface area contributed by atoms with Crippen LogP contribution in [0, 0.1) is 5.41 Å². The van der Waals surface area contributed by atoms with Crippen LogP contribution >= 0.6 is 25.1 Å². The molecule has 3 fully saturated rings. The normalized spacial score (nSPS) is 21.4. The molecule has 2 aliphatic heterocycles. The van der Waals surface area contributed by atoms with E-state index in [1.807, 2.05) is 47.4 Å². The fourth-order valence-corrected chi connectivity index (χ4v) is 6.62. The molecule has 2 saturated heterocycles. The predicted octanol–water partition coefficient (Wildman–Crippen LogP) is 4.23. The zero-order valence-corrected chi connectivity index (χ0v) is 23.7. The Bertz CT molecular complexity index is 1130. The van der Waals surface area contributed by atoms with Gasteiger partial charge in [-0.05, 0) is 74.9 Å². The van der Waals surface area contributed by atoms with Crippen LogP contribution < -0.4 is 0 Å². The molecule has 37 heavy (non-hydrogen) atoms. The number of hydrogen-bond acceptors (Lipinski definition) is 4. The molecule has 1 atom stereocenters. The first-order valence-electron chi connectivity index (χ1n) is 12.9. The first-order chi connectivity index (χ1) is 17.1. The van der Waals surface area contributed by atoms with Gasteiger partial charge in [0.05, 0.1) is 10.6 Å². The van der Waals surface area contributed by atoms with Crippen molar-refractivity contribution in [1.29, 1.82) is 0 Å². The molecule has 2 heterocycles. The number of likely N-dealkylation sites (tertiary alicyclic amines) is 2. The Hall–Kier alpha value is -2.06. The Morgan fingerprint density at radius 3 is 2.24 bits per heavy atom. The first kappa shape index (κ1) is 28.0. The van der Waals surface area contributed by atoms with E-state index in [2.05, 4.69) is 11.0 Å². The van der Waals surface area contributed by atoms with Gasteiger partial charge in [0.2, 0.25) is 0 Å². The van der Waals surface area contributed by atoms with Gasteiger partial charge in [-0.2, -0.15) is 13.5 Å². The van der Waals surface area contributed by atoms with Crippen LogP contribution in [0.2, 0.25) is 5.02 Å². The molecular weight excluding hydrogens is 506 g/mol.